The molecule has 2 unspecified atom stereocenters. The van der Waals surface area contributed by atoms with E-state index in [1.165, 1.54) is 4.90 Å². The number of halogens is 4. The fourth-order valence-electron chi connectivity index (χ4n) is 5.08. The fraction of sp³-hybridized carbons (Fsp3) is 0.458. The molecule has 1 aromatic heterocycles. The van der Waals surface area contributed by atoms with Gasteiger partial charge in [0.1, 0.15) is 11.7 Å². The monoisotopic (exact) mass is 536 g/mol. The van der Waals surface area contributed by atoms with Gasteiger partial charge in [0.05, 0.1) is 5.69 Å². The smallest absolute Gasteiger partial charge is 0.353 e. The van der Waals surface area contributed by atoms with Crippen LogP contribution < -0.4 is 15.1 Å². The fourth-order valence-corrected chi connectivity index (χ4v) is 5.20. The molecule has 4 heterocycles. The minimum atomic E-state index is -4.55. The second kappa shape index (κ2) is 9.81. The SMILES string of the molecule is O=C(NC1CCN2C(=O)N(c3ccc(Cl)cc3)C(=O)C2C1)C1CCN(c2nccc(C(F)(F)F)n2)CC1. The lowest BCUT2D eigenvalue weighted by Crippen LogP contribution is -2.51. The first kappa shape index (κ1) is 25.2. The quantitative estimate of drug-likeness (QED) is 0.601. The number of aromatic nitrogens is 2. The van der Waals surface area contributed by atoms with Gasteiger partial charge in [-0.2, -0.15) is 13.2 Å². The largest absolute Gasteiger partial charge is 0.433 e. The first-order valence-corrected chi connectivity index (χ1v) is 12.4. The number of benzene rings is 1. The number of fused-ring (bicyclic) bond motifs is 1. The maximum atomic E-state index is 13.1. The summed E-state index contributed by atoms with van der Waals surface area (Å²) in [5, 5.41) is 3.52. The van der Waals surface area contributed by atoms with Crippen LogP contribution in [0, 0.1) is 5.92 Å². The molecule has 1 aromatic carbocycles. The maximum Gasteiger partial charge on any atom is 0.433 e. The molecule has 9 nitrogen and oxygen atoms in total. The van der Waals surface area contributed by atoms with E-state index in [1.54, 1.807) is 29.2 Å². The predicted molar refractivity (Wildman–Crippen MR) is 128 cm³/mol. The van der Waals surface area contributed by atoms with Crippen molar-refractivity contribution in [1.29, 1.82) is 0 Å². The zero-order valence-electron chi connectivity index (χ0n) is 19.6. The van der Waals surface area contributed by atoms with E-state index in [0.717, 1.165) is 17.2 Å². The van der Waals surface area contributed by atoms with E-state index < -0.39 is 17.9 Å². The van der Waals surface area contributed by atoms with Gasteiger partial charge in [-0.25, -0.2) is 19.7 Å². The van der Waals surface area contributed by atoms with E-state index in [-0.39, 0.29) is 35.8 Å². The Morgan fingerprint density at radius 2 is 1.73 bits per heavy atom. The molecule has 5 rings (SSSR count). The van der Waals surface area contributed by atoms with Crippen LogP contribution in [0.1, 0.15) is 31.4 Å². The molecule has 0 spiro atoms. The van der Waals surface area contributed by atoms with E-state index in [0.29, 0.717) is 56.0 Å². The molecule has 13 heteroatoms. The van der Waals surface area contributed by atoms with E-state index in [1.807, 2.05) is 0 Å². The van der Waals surface area contributed by atoms with Crippen LogP contribution in [0.2, 0.25) is 5.02 Å². The van der Waals surface area contributed by atoms with E-state index in [4.69, 9.17) is 11.6 Å². The second-order valence-electron chi connectivity index (χ2n) is 9.37. The molecule has 3 fully saturated rings. The Kier molecular flexibility index (Phi) is 6.69. The molecular formula is C24H24ClF3N6O3. The summed E-state index contributed by atoms with van der Waals surface area (Å²) in [4.78, 5) is 50.8. The van der Waals surface area contributed by atoms with Gasteiger partial charge in [-0.15, -0.1) is 0 Å². The zero-order valence-corrected chi connectivity index (χ0v) is 20.4. The highest BCUT2D eigenvalue weighted by molar-refractivity contribution is 6.30. The highest BCUT2D eigenvalue weighted by Crippen LogP contribution is 2.32. The number of piperidine rings is 2. The summed E-state index contributed by atoms with van der Waals surface area (Å²) >= 11 is 5.92. The average Bonchev–Trinajstić information content (AvgIpc) is 3.13. The highest BCUT2D eigenvalue weighted by atomic mass is 35.5. The van der Waals surface area contributed by atoms with Gasteiger partial charge in [-0.1, -0.05) is 11.6 Å². The Morgan fingerprint density at radius 3 is 2.41 bits per heavy atom. The zero-order chi connectivity index (χ0) is 26.3. The number of amides is 4. The molecule has 196 valence electrons. The first-order chi connectivity index (χ1) is 17.6. The van der Waals surface area contributed by atoms with Crippen LogP contribution in [0.5, 0.6) is 0 Å². The van der Waals surface area contributed by atoms with Crippen LogP contribution in [-0.4, -0.2) is 64.4 Å². The normalized spacial score (nSPS) is 22.9. The topological polar surface area (TPSA) is 98.7 Å². The van der Waals surface area contributed by atoms with Crippen molar-refractivity contribution in [2.45, 2.75) is 43.9 Å². The molecule has 3 saturated heterocycles. The number of hydrogen-bond donors (Lipinski definition) is 1. The van der Waals surface area contributed by atoms with Gasteiger partial charge in [0.25, 0.3) is 5.91 Å². The summed E-state index contributed by atoms with van der Waals surface area (Å²) in [5.74, 6) is -0.808. The van der Waals surface area contributed by atoms with Crippen LogP contribution in [0.4, 0.5) is 29.6 Å². The van der Waals surface area contributed by atoms with E-state index in [2.05, 4.69) is 15.3 Å². The Bertz CT molecular complexity index is 1200. The van der Waals surface area contributed by atoms with Crippen molar-refractivity contribution < 1.29 is 27.6 Å². The van der Waals surface area contributed by atoms with Crippen molar-refractivity contribution in [3.63, 3.8) is 0 Å². The third-order valence-electron chi connectivity index (χ3n) is 7.06. The first-order valence-electron chi connectivity index (χ1n) is 12.0. The van der Waals surface area contributed by atoms with Crippen LogP contribution in [0.25, 0.3) is 0 Å². The predicted octanol–water partition coefficient (Wildman–Crippen LogP) is 3.48. The summed E-state index contributed by atoms with van der Waals surface area (Å²) in [7, 11) is 0. The van der Waals surface area contributed by atoms with Crippen LogP contribution in [-0.2, 0) is 15.8 Å². The van der Waals surface area contributed by atoms with Gasteiger partial charge in [-0.3, -0.25) is 9.59 Å². The molecule has 0 radical (unpaired) electrons. The summed E-state index contributed by atoms with van der Waals surface area (Å²) in [6.07, 6.45) is -1.75. The number of anilines is 2. The number of rotatable bonds is 4. The molecule has 0 bridgehead atoms. The number of imide groups is 1. The third-order valence-corrected chi connectivity index (χ3v) is 7.31. The summed E-state index contributed by atoms with van der Waals surface area (Å²) in [6, 6.07) is 5.99. The Balaban J connectivity index is 1.16. The standard InChI is InChI=1S/C24H24ClF3N6O3/c25-15-1-3-17(4-2-15)34-21(36)18-13-16(8-12-33(18)23(34)37)30-20(35)14-6-10-32(11-7-14)22-29-9-5-19(31-22)24(26,27)28/h1-5,9,14,16,18H,6-8,10-13H2,(H,30,35). The Hall–Kier alpha value is -3.41. The molecule has 3 aliphatic rings. The molecule has 2 aromatic rings. The molecule has 3 aliphatic heterocycles. The average molecular weight is 537 g/mol. The van der Waals surface area contributed by atoms with Crippen molar-refractivity contribution in [3.8, 4) is 0 Å². The summed E-state index contributed by atoms with van der Waals surface area (Å²) < 4.78 is 38.9. The number of urea groups is 1. The molecule has 4 amide bonds. The molecule has 1 N–H and O–H groups in total. The van der Waals surface area contributed by atoms with Gasteiger partial charge in [0.2, 0.25) is 11.9 Å². The minimum absolute atomic E-state index is 0.00397. The maximum absolute atomic E-state index is 13.1. The lowest BCUT2D eigenvalue weighted by atomic mass is 9.93. The number of hydrogen-bond acceptors (Lipinski definition) is 6. The van der Waals surface area contributed by atoms with Crippen molar-refractivity contribution in [3.05, 3.63) is 47.2 Å². The summed E-state index contributed by atoms with van der Waals surface area (Å²) in [6.45, 7) is 1.04. The van der Waals surface area contributed by atoms with Crippen molar-refractivity contribution in [1.82, 2.24) is 20.2 Å². The van der Waals surface area contributed by atoms with Gasteiger partial charge in [0, 0.05) is 42.8 Å². The number of carbonyl (C=O) groups is 3. The number of alkyl halides is 3. The van der Waals surface area contributed by atoms with Crippen LogP contribution >= 0.6 is 11.6 Å². The molecule has 0 saturated carbocycles. The third kappa shape index (κ3) is 5.07. The molecule has 0 aliphatic carbocycles. The number of nitrogens with zero attached hydrogens (tertiary/aromatic N) is 5. The lowest BCUT2D eigenvalue weighted by Gasteiger charge is -2.35. The Morgan fingerprint density at radius 1 is 1.03 bits per heavy atom. The van der Waals surface area contributed by atoms with Crippen molar-refractivity contribution in [2.24, 2.45) is 5.92 Å². The minimum Gasteiger partial charge on any atom is -0.353 e. The van der Waals surface area contributed by atoms with Crippen LogP contribution in [0.3, 0.4) is 0 Å². The Labute approximate surface area is 215 Å². The van der Waals surface area contributed by atoms with Crippen molar-refractivity contribution in [2.75, 3.05) is 29.4 Å². The van der Waals surface area contributed by atoms with Gasteiger partial charge in [0.15, 0.2) is 0 Å². The van der Waals surface area contributed by atoms with Gasteiger partial charge in [-0.05, 0) is 56.0 Å². The van der Waals surface area contributed by atoms with E-state index in [9.17, 15) is 27.6 Å². The van der Waals surface area contributed by atoms with Gasteiger partial charge < -0.3 is 15.1 Å². The second-order valence-corrected chi connectivity index (χ2v) is 9.81. The molecular weight excluding hydrogens is 513 g/mol. The van der Waals surface area contributed by atoms with Gasteiger partial charge >= 0.3 is 12.2 Å². The van der Waals surface area contributed by atoms with Crippen molar-refractivity contribution >= 4 is 41.1 Å². The number of carbonyl (C=O) groups excluding carboxylic acids is 3. The summed E-state index contributed by atoms with van der Waals surface area (Å²) in [5.41, 5.74) is -0.552. The lowest BCUT2D eigenvalue weighted by molar-refractivity contribution is -0.141. The van der Waals surface area contributed by atoms with E-state index >= 15 is 0 Å². The number of nitrogens with one attached hydrogen (secondary N) is 1. The highest BCUT2D eigenvalue weighted by Gasteiger charge is 2.49. The van der Waals surface area contributed by atoms with Crippen LogP contribution in [0.15, 0.2) is 36.5 Å². The molecule has 2 atom stereocenters. The molecule has 37 heavy (non-hydrogen) atoms.